The summed E-state index contributed by atoms with van der Waals surface area (Å²) in [6, 6.07) is 1.73. The Kier molecular flexibility index (Phi) is 6.65. The molecule has 0 aliphatic heterocycles. The number of benzene rings is 1. The standard InChI is InChI=1S/C15H19F4NO.ClH/c16-12-8-10(6-7-11(12)15(17,18)19)13(20)14(21)9-4-2-1-3-5-9;/h6-9,13-14,21H,1-5,20H2;1H/t13-,14+;/m0./s1. The second-order valence-electron chi connectivity index (χ2n) is 5.65. The summed E-state index contributed by atoms with van der Waals surface area (Å²) >= 11 is 0. The molecule has 0 bridgehead atoms. The van der Waals surface area contributed by atoms with Gasteiger partial charge >= 0.3 is 6.18 Å². The number of nitrogens with two attached hydrogens (primary N) is 1. The van der Waals surface area contributed by atoms with E-state index in [1.807, 2.05) is 0 Å². The molecule has 0 heterocycles. The molecule has 1 aliphatic rings. The van der Waals surface area contributed by atoms with Crippen molar-refractivity contribution >= 4 is 12.4 Å². The van der Waals surface area contributed by atoms with E-state index in [2.05, 4.69) is 0 Å². The van der Waals surface area contributed by atoms with Crippen LogP contribution in [0, 0.1) is 11.7 Å². The molecule has 2 rings (SSSR count). The number of hydrogen-bond donors (Lipinski definition) is 2. The van der Waals surface area contributed by atoms with Gasteiger partial charge in [0.2, 0.25) is 0 Å². The smallest absolute Gasteiger partial charge is 0.391 e. The average Bonchev–Trinajstić information content (AvgIpc) is 2.45. The Morgan fingerprint density at radius 3 is 2.23 bits per heavy atom. The van der Waals surface area contributed by atoms with Gasteiger partial charge in [0, 0.05) is 0 Å². The zero-order valence-electron chi connectivity index (χ0n) is 11.9. The highest BCUT2D eigenvalue weighted by Gasteiger charge is 2.35. The molecule has 0 radical (unpaired) electrons. The predicted molar refractivity (Wildman–Crippen MR) is 78.2 cm³/mol. The molecule has 0 aromatic heterocycles. The van der Waals surface area contributed by atoms with Crippen LogP contribution >= 0.6 is 12.4 Å². The number of halogens is 5. The second kappa shape index (κ2) is 7.62. The zero-order chi connectivity index (χ0) is 15.6. The van der Waals surface area contributed by atoms with Crippen molar-refractivity contribution in [2.75, 3.05) is 0 Å². The van der Waals surface area contributed by atoms with Crippen molar-refractivity contribution in [3.05, 3.63) is 35.1 Å². The molecule has 1 aromatic rings. The fourth-order valence-corrected chi connectivity index (χ4v) is 2.93. The van der Waals surface area contributed by atoms with Crippen LogP contribution in [0.1, 0.15) is 49.3 Å². The van der Waals surface area contributed by atoms with Gasteiger partial charge in [0.25, 0.3) is 0 Å². The minimum atomic E-state index is -4.73. The van der Waals surface area contributed by atoms with Crippen molar-refractivity contribution in [3.63, 3.8) is 0 Å². The van der Waals surface area contributed by atoms with Gasteiger partial charge in [-0.1, -0.05) is 25.3 Å². The van der Waals surface area contributed by atoms with E-state index in [-0.39, 0.29) is 23.9 Å². The lowest BCUT2D eigenvalue weighted by Gasteiger charge is -2.30. The van der Waals surface area contributed by atoms with Crippen LogP contribution in [-0.4, -0.2) is 11.2 Å². The third-order valence-electron chi connectivity index (χ3n) is 4.18. The summed E-state index contributed by atoms with van der Waals surface area (Å²) < 4.78 is 51.1. The number of alkyl halides is 3. The first kappa shape index (κ1) is 19.2. The van der Waals surface area contributed by atoms with Gasteiger partial charge in [-0.05, 0) is 36.5 Å². The van der Waals surface area contributed by atoms with Crippen LogP contribution < -0.4 is 5.73 Å². The van der Waals surface area contributed by atoms with Crippen molar-refractivity contribution in [1.29, 1.82) is 0 Å². The molecule has 2 nitrogen and oxygen atoms in total. The van der Waals surface area contributed by atoms with Gasteiger partial charge in [0.1, 0.15) is 5.82 Å². The van der Waals surface area contributed by atoms with Gasteiger partial charge in [-0.2, -0.15) is 13.2 Å². The summed E-state index contributed by atoms with van der Waals surface area (Å²) in [5, 5.41) is 10.2. The first-order chi connectivity index (χ1) is 9.80. The molecule has 0 amide bonds. The molecule has 3 N–H and O–H groups in total. The Hall–Kier alpha value is -0.850. The van der Waals surface area contributed by atoms with E-state index in [0.29, 0.717) is 6.07 Å². The molecular weight excluding hydrogens is 322 g/mol. The first-order valence-electron chi connectivity index (χ1n) is 7.11. The van der Waals surface area contributed by atoms with Crippen LogP contribution in [0.2, 0.25) is 0 Å². The maximum atomic E-state index is 13.6. The number of hydrogen-bond acceptors (Lipinski definition) is 2. The first-order valence-corrected chi connectivity index (χ1v) is 7.11. The average molecular weight is 342 g/mol. The van der Waals surface area contributed by atoms with Crippen molar-refractivity contribution < 1.29 is 22.7 Å². The molecule has 1 aliphatic carbocycles. The normalized spacial score (nSPS) is 19.4. The monoisotopic (exact) mass is 341 g/mol. The van der Waals surface area contributed by atoms with Gasteiger partial charge in [-0.25, -0.2) is 4.39 Å². The summed E-state index contributed by atoms with van der Waals surface area (Å²) in [6.07, 6.45) is -0.759. The van der Waals surface area contributed by atoms with Crippen molar-refractivity contribution in [2.24, 2.45) is 11.7 Å². The van der Waals surface area contributed by atoms with E-state index >= 15 is 0 Å². The van der Waals surface area contributed by atoms with Crippen molar-refractivity contribution in [3.8, 4) is 0 Å². The highest BCUT2D eigenvalue weighted by atomic mass is 35.5. The van der Waals surface area contributed by atoms with E-state index in [9.17, 15) is 22.7 Å². The second-order valence-corrected chi connectivity index (χ2v) is 5.65. The topological polar surface area (TPSA) is 46.2 Å². The van der Waals surface area contributed by atoms with E-state index in [1.165, 1.54) is 0 Å². The summed E-state index contributed by atoms with van der Waals surface area (Å²) in [5.41, 5.74) is 4.78. The Morgan fingerprint density at radius 1 is 1.14 bits per heavy atom. The summed E-state index contributed by atoms with van der Waals surface area (Å²) in [7, 11) is 0. The Bertz CT molecular complexity index is 489. The van der Waals surface area contributed by atoms with Crippen LogP contribution in [0.5, 0.6) is 0 Å². The van der Waals surface area contributed by atoms with Crippen LogP contribution in [0.15, 0.2) is 18.2 Å². The maximum absolute atomic E-state index is 13.6. The molecular formula is C15H20ClF4NO. The van der Waals surface area contributed by atoms with E-state index in [4.69, 9.17) is 5.73 Å². The number of aliphatic hydroxyl groups excluding tert-OH is 1. The molecule has 2 atom stereocenters. The molecule has 0 spiro atoms. The number of rotatable bonds is 3. The van der Waals surface area contributed by atoms with Gasteiger partial charge in [-0.3, -0.25) is 0 Å². The summed E-state index contributed by atoms with van der Waals surface area (Å²) in [4.78, 5) is 0. The van der Waals surface area contributed by atoms with Crippen molar-refractivity contribution in [1.82, 2.24) is 0 Å². The Balaban J connectivity index is 0.00000242. The summed E-state index contributed by atoms with van der Waals surface area (Å²) in [6.45, 7) is 0. The molecule has 0 saturated heterocycles. The van der Waals surface area contributed by atoms with Crippen molar-refractivity contribution in [2.45, 2.75) is 50.4 Å². The lowest BCUT2D eigenvalue weighted by Crippen LogP contribution is -2.34. The predicted octanol–water partition coefficient (Wildman–Crippen LogP) is 4.21. The minimum Gasteiger partial charge on any atom is -0.391 e. The van der Waals surface area contributed by atoms with Gasteiger partial charge in [0.15, 0.2) is 0 Å². The van der Waals surface area contributed by atoms with Crippen LogP contribution in [0.4, 0.5) is 17.6 Å². The lowest BCUT2D eigenvalue weighted by molar-refractivity contribution is -0.140. The molecule has 0 unspecified atom stereocenters. The zero-order valence-corrected chi connectivity index (χ0v) is 12.8. The number of aliphatic hydroxyl groups is 1. The maximum Gasteiger partial charge on any atom is 0.419 e. The SMILES string of the molecule is Cl.N[C@@H](c1ccc(C(F)(F)F)c(F)c1)[C@H](O)C1CCCCC1. The Labute approximate surface area is 133 Å². The van der Waals surface area contributed by atoms with Gasteiger partial charge < -0.3 is 10.8 Å². The third kappa shape index (κ3) is 4.33. The molecule has 1 saturated carbocycles. The molecule has 126 valence electrons. The fraction of sp³-hybridized carbons (Fsp3) is 0.600. The highest BCUT2D eigenvalue weighted by Crippen LogP contribution is 2.34. The highest BCUT2D eigenvalue weighted by molar-refractivity contribution is 5.85. The molecule has 1 fully saturated rings. The lowest BCUT2D eigenvalue weighted by atomic mass is 9.81. The third-order valence-corrected chi connectivity index (χ3v) is 4.18. The molecule has 7 heteroatoms. The Morgan fingerprint density at radius 2 is 1.73 bits per heavy atom. The van der Waals surface area contributed by atoms with Crippen LogP contribution in [0.25, 0.3) is 0 Å². The molecule has 22 heavy (non-hydrogen) atoms. The van der Waals surface area contributed by atoms with E-state index in [1.54, 1.807) is 0 Å². The fourth-order valence-electron chi connectivity index (χ4n) is 2.93. The largest absolute Gasteiger partial charge is 0.419 e. The van der Waals surface area contributed by atoms with Crippen LogP contribution in [0.3, 0.4) is 0 Å². The quantitative estimate of drug-likeness (QED) is 0.809. The van der Waals surface area contributed by atoms with Gasteiger partial charge in [0.05, 0.1) is 17.7 Å². The summed E-state index contributed by atoms with van der Waals surface area (Å²) in [5.74, 6) is -1.33. The minimum absolute atomic E-state index is 0. The van der Waals surface area contributed by atoms with E-state index < -0.39 is 29.7 Å². The van der Waals surface area contributed by atoms with E-state index in [0.717, 1.165) is 44.2 Å². The van der Waals surface area contributed by atoms with Gasteiger partial charge in [-0.15, -0.1) is 12.4 Å². The van der Waals surface area contributed by atoms with Crippen LogP contribution in [-0.2, 0) is 6.18 Å². The molecule has 1 aromatic carbocycles.